The van der Waals surface area contributed by atoms with Gasteiger partial charge in [-0.3, -0.25) is 0 Å². The number of hydrogen-bond acceptors (Lipinski definition) is 1. The normalized spacial score (nSPS) is 17.1. The molecule has 83 valence electrons. The molecule has 1 aromatic carbocycles. The molecule has 0 saturated heterocycles. The highest BCUT2D eigenvalue weighted by Crippen LogP contribution is 2.28. The van der Waals surface area contributed by atoms with Crippen molar-refractivity contribution in [3.8, 4) is 0 Å². The lowest BCUT2D eigenvalue weighted by molar-refractivity contribution is 0.0769. The first-order valence-corrected chi connectivity index (χ1v) is 5.84. The molecule has 4 heteroatoms. The highest BCUT2D eigenvalue weighted by Gasteiger charge is 2.26. The maximum Gasteiger partial charge on any atom is 0.0912 e. The van der Waals surface area contributed by atoms with Gasteiger partial charge in [-0.2, -0.15) is 0 Å². The van der Waals surface area contributed by atoms with Crippen molar-refractivity contribution < 1.29 is 5.11 Å². The predicted molar refractivity (Wildman–Crippen MR) is 65.7 cm³/mol. The van der Waals surface area contributed by atoms with Crippen molar-refractivity contribution in [1.29, 1.82) is 0 Å². The lowest BCUT2D eigenvalue weighted by atomic mass is 9.91. The molecule has 0 aliphatic carbocycles. The Morgan fingerprint density at radius 1 is 1.33 bits per heavy atom. The fourth-order valence-electron chi connectivity index (χ4n) is 1.30. The van der Waals surface area contributed by atoms with Gasteiger partial charge in [0, 0.05) is 10.9 Å². The van der Waals surface area contributed by atoms with E-state index in [0.717, 1.165) is 0 Å². The van der Waals surface area contributed by atoms with Gasteiger partial charge in [-0.25, -0.2) is 0 Å². The summed E-state index contributed by atoms with van der Waals surface area (Å²) < 4.78 is 0. The van der Waals surface area contributed by atoms with Crippen molar-refractivity contribution in [2.24, 2.45) is 0 Å². The summed E-state index contributed by atoms with van der Waals surface area (Å²) in [4.78, 5) is 0. The van der Waals surface area contributed by atoms with Gasteiger partial charge >= 0.3 is 0 Å². The zero-order chi connectivity index (χ0) is 11.5. The van der Waals surface area contributed by atoms with Crippen molar-refractivity contribution in [2.75, 3.05) is 5.88 Å². The summed E-state index contributed by atoms with van der Waals surface area (Å²) in [7, 11) is 0. The second-order valence-electron chi connectivity index (χ2n) is 3.49. The smallest absolute Gasteiger partial charge is 0.0912 e. The van der Waals surface area contributed by atoms with Gasteiger partial charge in [-0.1, -0.05) is 23.7 Å². The van der Waals surface area contributed by atoms with Crippen molar-refractivity contribution in [2.45, 2.75) is 17.4 Å². The number of alkyl halides is 2. The van der Waals surface area contributed by atoms with Crippen molar-refractivity contribution in [3.63, 3.8) is 0 Å². The van der Waals surface area contributed by atoms with E-state index in [1.165, 1.54) is 0 Å². The molecular weight excluding hydrogens is 254 g/mol. The second kappa shape index (κ2) is 5.40. The molecule has 0 amide bonds. The van der Waals surface area contributed by atoms with Gasteiger partial charge in [0.1, 0.15) is 0 Å². The lowest BCUT2D eigenvalue weighted by Gasteiger charge is -2.25. The number of benzene rings is 1. The van der Waals surface area contributed by atoms with E-state index in [9.17, 15) is 5.11 Å². The van der Waals surface area contributed by atoms with E-state index in [1.807, 2.05) is 0 Å². The van der Waals surface area contributed by atoms with Crippen LogP contribution in [0.3, 0.4) is 0 Å². The fourth-order valence-corrected chi connectivity index (χ4v) is 1.79. The first-order valence-electron chi connectivity index (χ1n) is 4.49. The van der Waals surface area contributed by atoms with Crippen LogP contribution in [0, 0.1) is 6.92 Å². The van der Waals surface area contributed by atoms with E-state index < -0.39 is 5.60 Å². The van der Waals surface area contributed by atoms with Gasteiger partial charge in [-0.05, 0) is 31.0 Å². The largest absolute Gasteiger partial charge is 0.385 e. The van der Waals surface area contributed by atoms with Crippen molar-refractivity contribution in [3.05, 3.63) is 41.8 Å². The molecule has 0 aromatic heterocycles. The number of halogens is 3. The molecule has 0 fully saturated rings. The zero-order valence-electron chi connectivity index (χ0n) is 8.09. The molecule has 2 atom stereocenters. The molecule has 0 bridgehead atoms. The molecule has 1 radical (unpaired) electrons. The molecule has 1 N–H and O–H groups in total. The standard InChI is InChI=1S/C11H12Cl3O/c1-11(15,6-10(14)7-12)8-2-4-9(13)5-3-8/h2-5,10,15H,1,6-7H2. The molecule has 0 saturated carbocycles. The Labute approximate surface area is 105 Å². The third-order valence-corrected chi connectivity index (χ3v) is 3.20. The Balaban J connectivity index is 2.80. The van der Waals surface area contributed by atoms with Gasteiger partial charge in [0.05, 0.1) is 11.0 Å². The maximum absolute atomic E-state index is 10.1. The molecule has 15 heavy (non-hydrogen) atoms. The van der Waals surface area contributed by atoms with Crippen LogP contribution in [-0.2, 0) is 5.60 Å². The van der Waals surface area contributed by atoms with E-state index in [0.29, 0.717) is 17.0 Å². The van der Waals surface area contributed by atoms with Crippen LogP contribution in [0.5, 0.6) is 0 Å². The van der Waals surface area contributed by atoms with E-state index in [4.69, 9.17) is 34.8 Å². The first kappa shape index (κ1) is 13.1. The van der Waals surface area contributed by atoms with Crippen LogP contribution >= 0.6 is 34.8 Å². The van der Waals surface area contributed by atoms with Gasteiger partial charge in [0.15, 0.2) is 0 Å². The number of hydrogen-bond donors (Lipinski definition) is 1. The average molecular weight is 267 g/mol. The molecule has 1 nitrogen and oxygen atoms in total. The summed E-state index contributed by atoms with van der Waals surface area (Å²) in [5, 5.41) is 10.4. The van der Waals surface area contributed by atoms with Gasteiger partial charge < -0.3 is 5.11 Å². The molecule has 1 aromatic rings. The highest BCUT2D eigenvalue weighted by molar-refractivity contribution is 6.30. The number of aliphatic hydroxyl groups is 1. The van der Waals surface area contributed by atoms with Crippen LogP contribution in [0.15, 0.2) is 24.3 Å². The first-order chi connectivity index (χ1) is 6.95. The van der Waals surface area contributed by atoms with Crippen molar-refractivity contribution >= 4 is 34.8 Å². The number of rotatable bonds is 4. The fraction of sp³-hybridized carbons (Fsp3) is 0.364. The zero-order valence-corrected chi connectivity index (χ0v) is 10.4. The van der Waals surface area contributed by atoms with Crippen LogP contribution in [0.1, 0.15) is 12.0 Å². The topological polar surface area (TPSA) is 20.2 Å². The van der Waals surface area contributed by atoms with Gasteiger partial charge in [0.25, 0.3) is 0 Å². The Hall–Kier alpha value is 0.0500. The summed E-state index contributed by atoms with van der Waals surface area (Å²) in [5.74, 6) is 0.285. The molecule has 0 spiro atoms. The van der Waals surface area contributed by atoms with E-state index >= 15 is 0 Å². The maximum atomic E-state index is 10.1. The molecule has 1 rings (SSSR count). The Morgan fingerprint density at radius 2 is 1.87 bits per heavy atom. The van der Waals surface area contributed by atoms with Crippen LogP contribution in [0.25, 0.3) is 0 Å². The molecule has 0 aliphatic rings. The van der Waals surface area contributed by atoms with Crippen LogP contribution in [-0.4, -0.2) is 16.4 Å². The van der Waals surface area contributed by atoms with E-state index in [2.05, 4.69) is 6.92 Å². The Bertz CT molecular complexity index is 308. The van der Waals surface area contributed by atoms with E-state index in [1.54, 1.807) is 24.3 Å². The lowest BCUT2D eigenvalue weighted by Crippen LogP contribution is -2.26. The minimum Gasteiger partial charge on any atom is -0.385 e. The minimum atomic E-state index is -1.22. The van der Waals surface area contributed by atoms with Crippen LogP contribution in [0.4, 0.5) is 0 Å². The summed E-state index contributed by atoms with van der Waals surface area (Å²) in [6, 6.07) is 6.87. The molecule has 0 aliphatic heterocycles. The summed E-state index contributed by atoms with van der Waals surface area (Å²) in [6.07, 6.45) is 0.305. The summed E-state index contributed by atoms with van der Waals surface area (Å²) in [5.41, 5.74) is -0.533. The second-order valence-corrected chi connectivity index (χ2v) is 4.86. The van der Waals surface area contributed by atoms with E-state index in [-0.39, 0.29) is 11.3 Å². The third-order valence-electron chi connectivity index (χ3n) is 2.11. The Morgan fingerprint density at radius 3 is 2.33 bits per heavy atom. The van der Waals surface area contributed by atoms with Crippen molar-refractivity contribution in [1.82, 2.24) is 0 Å². The van der Waals surface area contributed by atoms with Crippen LogP contribution < -0.4 is 0 Å². The molecule has 2 unspecified atom stereocenters. The SMILES string of the molecule is [CH2]C(O)(CC(Cl)CCl)c1ccc(Cl)cc1. The monoisotopic (exact) mass is 265 g/mol. The van der Waals surface area contributed by atoms with Gasteiger partial charge in [0.2, 0.25) is 0 Å². The summed E-state index contributed by atoms with van der Waals surface area (Å²) in [6.45, 7) is 3.73. The minimum absolute atomic E-state index is 0.285. The quantitative estimate of drug-likeness (QED) is 0.826. The Kier molecular flexibility index (Phi) is 4.72. The third kappa shape index (κ3) is 3.84. The molecule has 0 heterocycles. The van der Waals surface area contributed by atoms with Crippen LogP contribution in [0.2, 0.25) is 5.02 Å². The predicted octanol–water partition coefficient (Wildman–Crippen LogP) is 3.60. The highest BCUT2D eigenvalue weighted by atomic mass is 35.5. The summed E-state index contributed by atoms with van der Waals surface area (Å²) >= 11 is 17.2. The molecular formula is C11H12Cl3O. The average Bonchev–Trinajstić information content (AvgIpc) is 2.17. The van der Waals surface area contributed by atoms with Gasteiger partial charge in [-0.15, -0.1) is 23.2 Å².